The zero-order valence-electron chi connectivity index (χ0n) is 17.9. The van der Waals surface area contributed by atoms with Crippen LogP contribution in [0, 0.1) is 5.92 Å². The van der Waals surface area contributed by atoms with Crippen LogP contribution in [0.4, 0.5) is 30.2 Å². The minimum absolute atomic E-state index is 0.170. The van der Waals surface area contributed by atoms with Gasteiger partial charge in [-0.1, -0.05) is 12.1 Å². The van der Waals surface area contributed by atoms with Crippen LogP contribution in [0.2, 0.25) is 0 Å². The van der Waals surface area contributed by atoms with Crippen molar-refractivity contribution in [3.05, 3.63) is 54.1 Å². The standard InChI is InChI=1S/C24H29F3N4O/c25-24(26,27)16-31(20-11-13-30(14-12-20)15-17-5-6-17)19-9-7-18(8-10-19)23(32)29-22-4-2-1-3-21(22)28/h1-4,7-10,17,20H,5-6,11-16,28H2,(H,29,32). The van der Waals surface area contributed by atoms with E-state index < -0.39 is 12.7 Å². The molecule has 0 atom stereocenters. The van der Waals surface area contributed by atoms with E-state index in [1.807, 2.05) is 0 Å². The number of rotatable bonds is 7. The van der Waals surface area contributed by atoms with Crippen LogP contribution < -0.4 is 16.0 Å². The molecular weight excluding hydrogens is 417 g/mol. The largest absolute Gasteiger partial charge is 0.405 e. The number of nitrogens with two attached hydrogens (primary N) is 1. The van der Waals surface area contributed by atoms with Crippen LogP contribution in [-0.2, 0) is 0 Å². The number of nitrogens with one attached hydrogen (secondary N) is 1. The lowest BCUT2D eigenvalue weighted by atomic mass is 10.0. The minimum Gasteiger partial charge on any atom is -0.397 e. The van der Waals surface area contributed by atoms with Crippen molar-refractivity contribution in [3.63, 3.8) is 0 Å². The average Bonchev–Trinajstić information content (AvgIpc) is 3.58. The molecule has 172 valence electrons. The summed E-state index contributed by atoms with van der Waals surface area (Å²) in [5.41, 5.74) is 7.65. The van der Waals surface area contributed by atoms with E-state index in [1.165, 1.54) is 17.7 Å². The van der Waals surface area contributed by atoms with E-state index in [0.717, 1.165) is 25.6 Å². The molecule has 0 aromatic heterocycles. The van der Waals surface area contributed by atoms with Gasteiger partial charge in [0.25, 0.3) is 5.91 Å². The Hall–Kier alpha value is -2.74. The predicted octanol–water partition coefficient (Wildman–Crippen LogP) is 4.76. The molecule has 1 aliphatic carbocycles. The third kappa shape index (κ3) is 5.94. The number of hydrogen-bond acceptors (Lipinski definition) is 4. The van der Waals surface area contributed by atoms with Crippen molar-refractivity contribution in [1.29, 1.82) is 0 Å². The number of para-hydroxylation sites is 2. The maximum atomic E-state index is 13.4. The zero-order valence-corrected chi connectivity index (χ0v) is 17.9. The number of carbonyl (C=O) groups excluding carboxylic acids is 1. The molecule has 1 heterocycles. The van der Waals surface area contributed by atoms with Gasteiger partial charge >= 0.3 is 6.18 Å². The maximum Gasteiger partial charge on any atom is 0.405 e. The lowest BCUT2D eigenvalue weighted by molar-refractivity contribution is -0.121. The fourth-order valence-electron chi connectivity index (χ4n) is 4.31. The van der Waals surface area contributed by atoms with Gasteiger partial charge in [-0.15, -0.1) is 0 Å². The molecule has 3 N–H and O–H groups in total. The summed E-state index contributed by atoms with van der Waals surface area (Å²) < 4.78 is 40.1. The van der Waals surface area contributed by atoms with Crippen molar-refractivity contribution in [2.75, 3.05) is 42.1 Å². The van der Waals surface area contributed by atoms with E-state index in [-0.39, 0.29) is 11.9 Å². The fourth-order valence-corrected chi connectivity index (χ4v) is 4.31. The molecule has 2 aromatic carbocycles. The zero-order chi connectivity index (χ0) is 22.7. The van der Waals surface area contributed by atoms with Crippen LogP contribution in [0.5, 0.6) is 0 Å². The lowest BCUT2D eigenvalue weighted by Gasteiger charge is -2.40. The molecule has 5 nitrogen and oxygen atoms in total. The lowest BCUT2D eigenvalue weighted by Crippen LogP contribution is -2.48. The van der Waals surface area contributed by atoms with Crippen molar-refractivity contribution in [2.45, 2.75) is 37.9 Å². The van der Waals surface area contributed by atoms with E-state index in [0.29, 0.717) is 35.5 Å². The summed E-state index contributed by atoms with van der Waals surface area (Å²) in [7, 11) is 0. The van der Waals surface area contributed by atoms with Gasteiger partial charge in [0.05, 0.1) is 11.4 Å². The van der Waals surface area contributed by atoms with Crippen molar-refractivity contribution >= 4 is 23.0 Å². The van der Waals surface area contributed by atoms with Crippen LogP contribution in [-0.4, -0.2) is 49.2 Å². The highest BCUT2D eigenvalue weighted by molar-refractivity contribution is 6.05. The SMILES string of the molecule is Nc1ccccc1NC(=O)c1ccc(N(CC(F)(F)F)C2CCN(CC3CC3)CC2)cc1. The Morgan fingerprint density at radius 2 is 1.69 bits per heavy atom. The van der Waals surface area contributed by atoms with Gasteiger partial charge in [0.1, 0.15) is 6.54 Å². The van der Waals surface area contributed by atoms with Gasteiger partial charge in [-0.2, -0.15) is 13.2 Å². The van der Waals surface area contributed by atoms with Crippen LogP contribution in [0.25, 0.3) is 0 Å². The Balaban J connectivity index is 1.44. The quantitative estimate of drug-likeness (QED) is 0.602. The summed E-state index contributed by atoms with van der Waals surface area (Å²) >= 11 is 0. The number of halogens is 3. The highest BCUT2D eigenvalue weighted by atomic mass is 19.4. The Morgan fingerprint density at radius 3 is 2.28 bits per heavy atom. The molecule has 4 rings (SSSR count). The predicted molar refractivity (Wildman–Crippen MR) is 121 cm³/mol. The Morgan fingerprint density at radius 1 is 1.03 bits per heavy atom. The summed E-state index contributed by atoms with van der Waals surface area (Å²) in [6, 6.07) is 13.1. The number of carbonyl (C=O) groups is 1. The molecular formula is C24H29F3N4O. The molecule has 1 aliphatic heterocycles. The van der Waals surface area contributed by atoms with Crippen LogP contribution in [0.15, 0.2) is 48.5 Å². The highest BCUT2D eigenvalue weighted by Crippen LogP contribution is 2.32. The van der Waals surface area contributed by atoms with Crippen LogP contribution in [0.3, 0.4) is 0 Å². The fraction of sp³-hybridized carbons (Fsp3) is 0.458. The number of likely N-dealkylation sites (tertiary alicyclic amines) is 1. The highest BCUT2D eigenvalue weighted by Gasteiger charge is 2.36. The van der Waals surface area contributed by atoms with Crippen molar-refractivity contribution in [2.24, 2.45) is 5.92 Å². The number of anilines is 3. The van der Waals surface area contributed by atoms with Crippen molar-refractivity contribution in [3.8, 4) is 0 Å². The number of piperidine rings is 1. The molecule has 0 radical (unpaired) electrons. The summed E-state index contributed by atoms with van der Waals surface area (Å²) in [6.07, 6.45) is -0.337. The molecule has 0 spiro atoms. The molecule has 0 bridgehead atoms. The number of nitrogens with zero attached hydrogens (tertiary/aromatic N) is 2. The number of hydrogen-bond donors (Lipinski definition) is 2. The summed E-state index contributed by atoms with van der Waals surface area (Å²) in [5, 5.41) is 2.74. The second kappa shape index (κ2) is 9.40. The number of benzene rings is 2. The minimum atomic E-state index is -4.30. The maximum absolute atomic E-state index is 13.4. The van der Waals surface area contributed by atoms with Gasteiger partial charge < -0.3 is 20.9 Å². The first-order valence-electron chi connectivity index (χ1n) is 11.1. The average molecular weight is 447 g/mol. The van der Waals surface area contributed by atoms with Gasteiger partial charge in [0.15, 0.2) is 0 Å². The molecule has 32 heavy (non-hydrogen) atoms. The second-order valence-corrected chi connectivity index (χ2v) is 8.81. The molecule has 1 saturated heterocycles. The van der Waals surface area contributed by atoms with Gasteiger partial charge in [-0.3, -0.25) is 4.79 Å². The molecule has 2 aromatic rings. The van der Waals surface area contributed by atoms with Crippen molar-refractivity contribution in [1.82, 2.24) is 4.90 Å². The van der Waals surface area contributed by atoms with E-state index in [4.69, 9.17) is 5.73 Å². The van der Waals surface area contributed by atoms with Crippen LogP contribution >= 0.6 is 0 Å². The summed E-state index contributed by atoms with van der Waals surface area (Å²) in [4.78, 5) is 16.4. The Kier molecular flexibility index (Phi) is 6.60. The first-order valence-corrected chi connectivity index (χ1v) is 11.1. The number of nitrogen functional groups attached to an aromatic ring is 1. The molecule has 2 aliphatic rings. The second-order valence-electron chi connectivity index (χ2n) is 8.81. The third-order valence-corrected chi connectivity index (χ3v) is 6.23. The summed E-state index contributed by atoms with van der Waals surface area (Å²) in [6.45, 7) is 1.73. The molecule has 0 unspecified atom stereocenters. The third-order valence-electron chi connectivity index (χ3n) is 6.23. The number of amides is 1. The Labute approximate surface area is 186 Å². The molecule has 8 heteroatoms. The van der Waals surface area contributed by atoms with E-state index in [2.05, 4.69) is 10.2 Å². The Bertz CT molecular complexity index is 920. The van der Waals surface area contributed by atoms with Gasteiger partial charge in [0.2, 0.25) is 0 Å². The molecule has 1 saturated carbocycles. The first-order chi connectivity index (χ1) is 15.3. The normalized spacial score (nSPS) is 17.8. The number of alkyl halides is 3. The van der Waals surface area contributed by atoms with Gasteiger partial charge in [0, 0.05) is 36.9 Å². The monoisotopic (exact) mass is 446 g/mol. The van der Waals surface area contributed by atoms with Crippen molar-refractivity contribution < 1.29 is 18.0 Å². The van der Waals surface area contributed by atoms with Gasteiger partial charge in [-0.25, -0.2) is 0 Å². The van der Waals surface area contributed by atoms with Crippen LogP contribution in [0.1, 0.15) is 36.0 Å². The van der Waals surface area contributed by atoms with E-state index >= 15 is 0 Å². The first kappa shape index (κ1) is 22.5. The molecule has 1 amide bonds. The summed E-state index contributed by atoms with van der Waals surface area (Å²) in [5.74, 6) is 0.424. The topological polar surface area (TPSA) is 61.6 Å². The molecule has 2 fully saturated rings. The smallest absolute Gasteiger partial charge is 0.397 e. The van der Waals surface area contributed by atoms with Gasteiger partial charge in [-0.05, 0) is 68.0 Å². The van der Waals surface area contributed by atoms with E-state index in [1.54, 1.807) is 48.5 Å². The van der Waals surface area contributed by atoms with E-state index in [9.17, 15) is 18.0 Å².